The summed E-state index contributed by atoms with van der Waals surface area (Å²) in [5.74, 6) is 0. The molecule has 2 heterocycles. The number of aromatic nitrogens is 1. The number of rotatable bonds is 16. The lowest BCUT2D eigenvalue weighted by molar-refractivity contribution is -0.289. The third-order valence-electron chi connectivity index (χ3n) is 10.7. The second-order valence-corrected chi connectivity index (χ2v) is 15.7. The molecule has 58 heavy (non-hydrogen) atoms. The van der Waals surface area contributed by atoms with Gasteiger partial charge in [0.2, 0.25) is 0 Å². The highest BCUT2D eigenvalue weighted by Gasteiger charge is 2.49. The van der Waals surface area contributed by atoms with Gasteiger partial charge >= 0.3 is 0 Å². The van der Waals surface area contributed by atoms with E-state index in [0.29, 0.717) is 26.4 Å². The maximum absolute atomic E-state index is 12.0. The van der Waals surface area contributed by atoms with Gasteiger partial charge in [-0.2, -0.15) is 0 Å². The number of aryl methyl sites for hydroxylation is 1. The van der Waals surface area contributed by atoms with Crippen molar-refractivity contribution in [1.82, 2.24) is 4.57 Å². The first kappa shape index (κ1) is 39.9. The van der Waals surface area contributed by atoms with E-state index in [1.165, 1.54) is 0 Å². The smallest absolute Gasteiger partial charge is 0.163 e. The normalized spacial score (nSPS) is 19.9. The predicted octanol–water partition coefficient (Wildman–Crippen LogP) is 10.7. The van der Waals surface area contributed by atoms with Gasteiger partial charge in [-0.25, -0.2) is 0 Å². The molecule has 6 aromatic carbocycles. The summed E-state index contributed by atoms with van der Waals surface area (Å²) >= 11 is 3.55. The van der Waals surface area contributed by atoms with Crippen LogP contribution in [-0.2, 0) is 50.1 Å². The minimum Gasteiger partial charge on any atom is -0.384 e. The Morgan fingerprint density at radius 3 is 1.64 bits per heavy atom. The van der Waals surface area contributed by atoms with Crippen LogP contribution in [0.25, 0.3) is 10.9 Å². The standard InChI is InChI=1S/C50H48BrNO6/c1-35-15-14-24-43-45(35)42(46(53)40-25-27-41(51)28-26-40)29-52(43)50-49(57-33-39-22-12-5-13-23-39)48(56-32-38-20-10-4-11-21-38)47(55-31-37-18-8-3-9-19-37)44(58-50)34-54-30-36-16-6-2-7-17-36/h2-29,44,46-50,53H,30-34H2,1H3/t44-,46?,47-,48+,49-,50-/m1/s1. The number of benzene rings is 6. The quantitative estimate of drug-likeness (QED) is 0.105. The molecule has 1 saturated heterocycles. The number of ether oxygens (including phenoxy) is 5. The van der Waals surface area contributed by atoms with Gasteiger partial charge in [-0.1, -0.05) is 162 Å². The van der Waals surface area contributed by atoms with Crippen LogP contribution in [0.4, 0.5) is 0 Å². The summed E-state index contributed by atoms with van der Waals surface area (Å²) < 4.78 is 37.8. The third kappa shape index (κ3) is 9.52. The lowest BCUT2D eigenvalue weighted by Crippen LogP contribution is -2.59. The Bertz CT molecular complexity index is 2320. The molecule has 1 fully saturated rings. The summed E-state index contributed by atoms with van der Waals surface area (Å²) in [7, 11) is 0. The first-order chi connectivity index (χ1) is 28.5. The van der Waals surface area contributed by atoms with Crippen molar-refractivity contribution < 1.29 is 28.8 Å². The second-order valence-electron chi connectivity index (χ2n) is 14.8. The highest BCUT2D eigenvalue weighted by molar-refractivity contribution is 9.10. The number of nitrogens with zero attached hydrogens (tertiary/aromatic N) is 1. The second kappa shape index (κ2) is 19.2. The first-order valence-corrected chi connectivity index (χ1v) is 20.6. The largest absolute Gasteiger partial charge is 0.384 e. The molecule has 1 aliphatic rings. The molecule has 0 amide bonds. The summed E-state index contributed by atoms with van der Waals surface area (Å²) in [5, 5.41) is 13.0. The summed E-state index contributed by atoms with van der Waals surface area (Å²) in [4.78, 5) is 0. The third-order valence-corrected chi connectivity index (χ3v) is 11.2. The molecule has 1 unspecified atom stereocenters. The van der Waals surface area contributed by atoms with Gasteiger partial charge < -0.3 is 33.4 Å². The zero-order valence-corrected chi connectivity index (χ0v) is 34.1. The van der Waals surface area contributed by atoms with Crippen LogP contribution in [0.1, 0.15) is 51.3 Å². The lowest BCUT2D eigenvalue weighted by atomic mass is 9.96. The van der Waals surface area contributed by atoms with Crippen molar-refractivity contribution in [1.29, 1.82) is 0 Å². The molecule has 1 aromatic heterocycles. The van der Waals surface area contributed by atoms with E-state index in [0.717, 1.165) is 54.3 Å². The van der Waals surface area contributed by atoms with E-state index in [9.17, 15) is 5.11 Å². The fourth-order valence-electron chi connectivity index (χ4n) is 7.76. The van der Waals surface area contributed by atoms with Gasteiger partial charge in [0.05, 0.1) is 38.6 Å². The van der Waals surface area contributed by atoms with Crippen LogP contribution in [0.2, 0.25) is 0 Å². The number of fused-ring (bicyclic) bond motifs is 1. The monoisotopic (exact) mass is 837 g/mol. The topological polar surface area (TPSA) is 71.3 Å². The van der Waals surface area contributed by atoms with E-state index < -0.39 is 36.7 Å². The Labute approximate surface area is 348 Å². The lowest BCUT2D eigenvalue weighted by Gasteiger charge is -2.46. The van der Waals surface area contributed by atoms with Gasteiger partial charge in [0.15, 0.2) is 6.23 Å². The SMILES string of the molecule is Cc1cccc2c1c(C(O)c1ccc(Br)cc1)cn2[C@@H]1O[C@H](COCc2ccccc2)[C@@H](OCc2ccccc2)[C@H](OCc2ccccc2)[C@H]1OCc1ccccc1. The molecule has 1 aliphatic heterocycles. The maximum Gasteiger partial charge on any atom is 0.163 e. The fraction of sp³-hybridized carbons (Fsp3) is 0.240. The molecule has 0 aliphatic carbocycles. The number of hydrogen-bond acceptors (Lipinski definition) is 6. The van der Waals surface area contributed by atoms with Crippen LogP contribution in [0, 0.1) is 6.92 Å². The summed E-state index contributed by atoms with van der Waals surface area (Å²) in [6.45, 7) is 3.74. The molecule has 0 radical (unpaired) electrons. The van der Waals surface area contributed by atoms with E-state index in [2.05, 4.69) is 88.1 Å². The molecule has 8 heteroatoms. The van der Waals surface area contributed by atoms with Crippen molar-refractivity contribution in [3.05, 3.63) is 213 Å². The van der Waals surface area contributed by atoms with Gasteiger partial charge in [0, 0.05) is 21.6 Å². The zero-order valence-electron chi connectivity index (χ0n) is 32.5. The summed E-state index contributed by atoms with van der Waals surface area (Å²) in [6, 6.07) is 54.6. The Morgan fingerprint density at radius 1 is 0.586 bits per heavy atom. The van der Waals surface area contributed by atoms with Gasteiger partial charge in [0.25, 0.3) is 0 Å². The highest BCUT2D eigenvalue weighted by atomic mass is 79.9. The van der Waals surface area contributed by atoms with Crippen molar-refractivity contribution in [3.8, 4) is 0 Å². The molecular weight excluding hydrogens is 790 g/mol. The Kier molecular flexibility index (Phi) is 13.2. The van der Waals surface area contributed by atoms with Crippen LogP contribution in [0.3, 0.4) is 0 Å². The van der Waals surface area contributed by atoms with E-state index in [-0.39, 0.29) is 6.61 Å². The zero-order chi connectivity index (χ0) is 39.7. The minimum absolute atomic E-state index is 0.244. The van der Waals surface area contributed by atoms with Crippen LogP contribution >= 0.6 is 15.9 Å². The van der Waals surface area contributed by atoms with Crippen LogP contribution in [0.5, 0.6) is 0 Å². The summed E-state index contributed by atoms with van der Waals surface area (Å²) in [6.07, 6.45) is -1.94. The van der Waals surface area contributed by atoms with Crippen molar-refractivity contribution in [2.45, 2.75) is 70.1 Å². The Morgan fingerprint density at radius 2 is 1.09 bits per heavy atom. The minimum atomic E-state index is -0.887. The number of aliphatic hydroxyl groups is 1. The number of hydrogen-bond donors (Lipinski definition) is 1. The van der Waals surface area contributed by atoms with Crippen molar-refractivity contribution in [3.63, 3.8) is 0 Å². The molecule has 7 nitrogen and oxygen atoms in total. The van der Waals surface area contributed by atoms with E-state index >= 15 is 0 Å². The van der Waals surface area contributed by atoms with Gasteiger partial charge in [0.1, 0.15) is 30.5 Å². The van der Waals surface area contributed by atoms with Crippen LogP contribution in [-0.4, -0.2) is 40.7 Å². The van der Waals surface area contributed by atoms with E-state index in [1.54, 1.807) is 0 Å². The molecule has 0 bridgehead atoms. The van der Waals surface area contributed by atoms with Gasteiger partial charge in [-0.05, 0) is 58.5 Å². The van der Waals surface area contributed by atoms with Crippen LogP contribution < -0.4 is 0 Å². The van der Waals surface area contributed by atoms with Gasteiger partial charge in [-0.3, -0.25) is 0 Å². The molecule has 8 rings (SSSR count). The highest BCUT2D eigenvalue weighted by Crippen LogP contribution is 2.41. The summed E-state index contributed by atoms with van der Waals surface area (Å²) in [5.41, 5.74) is 7.69. The molecular formula is C50H48BrNO6. The predicted molar refractivity (Wildman–Crippen MR) is 230 cm³/mol. The van der Waals surface area contributed by atoms with Crippen LogP contribution in [0.15, 0.2) is 174 Å². The molecule has 7 aromatic rings. The van der Waals surface area contributed by atoms with Crippen molar-refractivity contribution >= 4 is 26.8 Å². The molecule has 1 N–H and O–H groups in total. The average molecular weight is 839 g/mol. The van der Waals surface area contributed by atoms with E-state index in [1.807, 2.05) is 109 Å². The Hall–Kier alpha value is -4.90. The molecule has 296 valence electrons. The fourth-order valence-corrected chi connectivity index (χ4v) is 8.02. The number of halogens is 1. The van der Waals surface area contributed by atoms with Crippen molar-refractivity contribution in [2.24, 2.45) is 0 Å². The Balaban J connectivity index is 1.23. The van der Waals surface area contributed by atoms with E-state index in [4.69, 9.17) is 23.7 Å². The first-order valence-electron chi connectivity index (χ1n) is 19.8. The molecule has 6 atom stereocenters. The van der Waals surface area contributed by atoms with Gasteiger partial charge in [-0.15, -0.1) is 0 Å². The average Bonchev–Trinajstić information content (AvgIpc) is 3.67. The molecule has 0 spiro atoms. The van der Waals surface area contributed by atoms with Crippen molar-refractivity contribution in [2.75, 3.05) is 6.61 Å². The maximum atomic E-state index is 12.0. The number of aliphatic hydroxyl groups excluding tert-OH is 1. The molecule has 0 saturated carbocycles.